The number of hydrogen-bond donors (Lipinski definition) is 1. The van der Waals surface area contributed by atoms with Gasteiger partial charge in [0.1, 0.15) is 0 Å². The molecule has 0 saturated carbocycles. The molecule has 1 saturated heterocycles. The van der Waals surface area contributed by atoms with Gasteiger partial charge in [-0.15, -0.1) is 11.8 Å². The maximum absolute atomic E-state index is 4.33. The highest BCUT2D eigenvalue weighted by atomic mass is 32.2. The van der Waals surface area contributed by atoms with Crippen molar-refractivity contribution in [2.24, 2.45) is 0 Å². The van der Waals surface area contributed by atoms with Crippen LogP contribution >= 0.6 is 11.8 Å². The molecular weight excluding hydrogens is 206 g/mol. The fourth-order valence-corrected chi connectivity index (χ4v) is 2.74. The number of nitrogens with zero attached hydrogens (tertiary/aromatic N) is 2. The lowest BCUT2D eigenvalue weighted by Gasteiger charge is -2.20. The topological polar surface area (TPSA) is 28.2 Å². The van der Waals surface area contributed by atoms with Gasteiger partial charge in [-0.1, -0.05) is 6.07 Å². The summed E-state index contributed by atoms with van der Waals surface area (Å²) in [5.74, 6) is 2.33. The molecule has 3 nitrogen and oxygen atoms in total. The van der Waals surface area contributed by atoms with E-state index in [1.165, 1.54) is 5.75 Å². The van der Waals surface area contributed by atoms with Crippen LogP contribution in [0.3, 0.4) is 0 Å². The summed E-state index contributed by atoms with van der Waals surface area (Å²) in [5, 5.41) is 3.47. The van der Waals surface area contributed by atoms with Gasteiger partial charge in [0.05, 0.1) is 5.69 Å². The third-order valence-corrected chi connectivity index (χ3v) is 3.49. The van der Waals surface area contributed by atoms with Crippen molar-refractivity contribution in [2.75, 3.05) is 25.2 Å². The molecule has 0 amide bonds. The Morgan fingerprint density at radius 3 is 3.20 bits per heavy atom. The zero-order chi connectivity index (χ0) is 10.5. The predicted octanol–water partition coefficient (Wildman–Crippen LogP) is 1.18. The largest absolute Gasteiger partial charge is 0.303 e. The molecule has 15 heavy (non-hydrogen) atoms. The van der Waals surface area contributed by atoms with E-state index in [4.69, 9.17) is 0 Å². The molecule has 1 unspecified atom stereocenters. The highest BCUT2D eigenvalue weighted by Gasteiger charge is 2.16. The summed E-state index contributed by atoms with van der Waals surface area (Å²) < 4.78 is 0. The second-order valence-corrected chi connectivity index (χ2v) is 4.96. The Balaban J connectivity index is 1.79. The molecule has 0 radical (unpaired) electrons. The first-order chi connectivity index (χ1) is 7.34. The van der Waals surface area contributed by atoms with E-state index in [0.29, 0.717) is 6.04 Å². The normalized spacial score (nSPS) is 21.1. The van der Waals surface area contributed by atoms with Crippen LogP contribution in [0, 0.1) is 0 Å². The van der Waals surface area contributed by atoms with Gasteiger partial charge in [-0.25, -0.2) is 0 Å². The van der Waals surface area contributed by atoms with Crippen LogP contribution in [0.25, 0.3) is 0 Å². The van der Waals surface area contributed by atoms with Crippen LogP contribution in [0.15, 0.2) is 24.4 Å². The van der Waals surface area contributed by atoms with Crippen LogP contribution in [0.2, 0.25) is 0 Å². The minimum atomic E-state index is 0.642. The molecule has 0 bridgehead atoms. The average Bonchev–Trinajstić information content (AvgIpc) is 2.71. The lowest BCUT2D eigenvalue weighted by Crippen LogP contribution is -2.36. The van der Waals surface area contributed by atoms with Crippen molar-refractivity contribution in [3.63, 3.8) is 0 Å². The first-order valence-corrected chi connectivity index (χ1v) is 6.39. The summed E-state index contributed by atoms with van der Waals surface area (Å²) in [6, 6.07) is 6.72. The second kappa shape index (κ2) is 5.49. The molecule has 2 rings (SSSR count). The Morgan fingerprint density at radius 2 is 2.53 bits per heavy atom. The number of thioether (sulfide) groups is 1. The van der Waals surface area contributed by atoms with Gasteiger partial charge in [0.15, 0.2) is 0 Å². The molecular formula is C11H17N3S. The summed E-state index contributed by atoms with van der Waals surface area (Å²) in [7, 11) is 2.15. The number of aromatic nitrogens is 1. The van der Waals surface area contributed by atoms with Crippen molar-refractivity contribution in [2.45, 2.75) is 12.6 Å². The molecule has 2 heterocycles. The lowest BCUT2D eigenvalue weighted by molar-refractivity contribution is 0.296. The fraction of sp³-hybridized carbons (Fsp3) is 0.545. The number of nitrogens with one attached hydrogen (secondary N) is 1. The van der Waals surface area contributed by atoms with Gasteiger partial charge in [-0.3, -0.25) is 9.88 Å². The van der Waals surface area contributed by atoms with Crippen LogP contribution in [0.4, 0.5) is 0 Å². The maximum atomic E-state index is 4.33. The van der Waals surface area contributed by atoms with Gasteiger partial charge in [0.2, 0.25) is 0 Å². The standard InChI is InChI=1S/C11H17N3S/c1-14(7-11-8-15-9-13-11)6-10-4-2-3-5-12-10/h2-5,11,13H,6-9H2,1H3. The molecule has 1 aromatic rings. The quantitative estimate of drug-likeness (QED) is 0.829. The van der Waals surface area contributed by atoms with E-state index < -0.39 is 0 Å². The Bertz CT molecular complexity index is 285. The Morgan fingerprint density at radius 1 is 1.60 bits per heavy atom. The first kappa shape index (κ1) is 10.9. The van der Waals surface area contributed by atoms with E-state index in [-0.39, 0.29) is 0 Å². The number of likely N-dealkylation sites (N-methyl/N-ethyl adjacent to an activating group) is 1. The zero-order valence-electron chi connectivity index (χ0n) is 9.02. The molecule has 4 heteroatoms. The molecule has 0 aliphatic carbocycles. The Labute approximate surface area is 95.3 Å². The molecule has 1 aliphatic heterocycles. The third-order valence-electron chi connectivity index (χ3n) is 2.48. The highest BCUT2D eigenvalue weighted by Crippen LogP contribution is 2.10. The van der Waals surface area contributed by atoms with Gasteiger partial charge in [0.25, 0.3) is 0 Å². The molecule has 1 aliphatic rings. The predicted molar refractivity (Wildman–Crippen MR) is 64.8 cm³/mol. The fourth-order valence-electron chi connectivity index (χ4n) is 1.76. The molecule has 82 valence electrons. The van der Waals surface area contributed by atoms with Gasteiger partial charge >= 0.3 is 0 Å². The molecule has 0 aromatic carbocycles. The van der Waals surface area contributed by atoms with E-state index in [2.05, 4.69) is 28.3 Å². The minimum absolute atomic E-state index is 0.642. The molecule has 0 spiro atoms. The Kier molecular flexibility index (Phi) is 4.00. The van der Waals surface area contributed by atoms with Crippen LogP contribution in [-0.2, 0) is 6.54 Å². The smallest absolute Gasteiger partial charge is 0.0543 e. The van der Waals surface area contributed by atoms with Crippen molar-refractivity contribution < 1.29 is 0 Å². The second-order valence-electron chi connectivity index (χ2n) is 3.93. The number of pyridine rings is 1. The van der Waals surface area contributed by atoms with E-state index in [0.717, 1.165) is 24.7 Å². The van der Waals surface area contributed by atoms with Gasteiger partial charge in [-0.2, -0.15) is 0 Å². The van der Waals surface area contributed by atoms with E-state index >= 15 is 0 Å². The van der Waals surface area contributed by atoms with E-state index in [1.807, 2.05) is 30.1 Å². The summed E-state index contributed by atoms with van der Waals surface area (Å²) in [5.41, 5.74) is 1.14. The van der Waals surface area contributed by atoms with Gasteiger partial charge in [0, 0.05) is 37.0 Å². The summed E-state index contributed by atoms with van der Waals surface area (Å²) >= 11 is 1.98. The third kappa shape index (κ3) is 3.48. The summed E-state index contributed by atoms with van der Waals surface area (Å²) in [4.78, 5) is 6.65. The first-order valence-electron chi connectivity index (χ1n) is 5.24. The zero-order valence-corrected chi connectivity index (χ0v) is 9.83. The van der Waals surface area contributed by atoms with Crippen LogP contribution in [0.5, 0.6) is 0 Å². The van der Waals surface area contributed by atoms with Crippen LogP contribution in [-0.4, -0.2) is 41.1 Å². The highest BCUT2D eigenvalue weighted by molar-refractivity contribution is 7.99. The maximum Gasteiger partial charge on any atom is 0.0543 e. The van der Waals surface area contributed by atoms with Crippen molar-refractivity contribution in [3.8, 4) is 0 Å². The molecule has 1 N–H and O–H groups in total. The Hall–Kier alpha value is -0.580. The lowest BCUT2D eigenvalue weighted by atomic mass is 10.3. The number of hydrogen-bond acceptors (Lipinski definition) is 4. The SMILES string of the molecule is CN(Cc1ccccn1)CC1CSCN1. The van der Waals surface area contributed by atoms with Gasteiger partial charge in [-0.05, 0) is 19.2 Å². The van der Waals surface area contributed by atoms with Crippen LogP contribution in [0.1, 0.15) is 5.69 Å². The van der Waals surface area contributed by atoms with E-state index in [1.54, 1.807) is 0 Å². The molecule has 1 fully saturated rings. The number of rotatable bonds is 4. The monoisotopic (exact) mass is 223 g/mol. The molecule has 1 aromatic heterocycles. The summed E-state index contributed by atoms with van der Waals surface area (Å²) in [6.45, 7) is 2.03. The summed E-state index contributed by atoms with van der Waals surface area (Å²) in [6.07, 6.45) is 1.85. The van der Waals surface area contributed by atoms with Crippen molar-refractivity contribution in [1.29, 1.82) is 0 Å². The van der Waals surface area contributed by atoms with Crippen LogP contribution < -0.4 is 5.32 Å². The van der Waals surface area contributed by atoms with Gasteiger partial charge < -0.3 is 5.32 Å². The van der Waals surface area contributed by atoms with Crippen molar-refractivity contribution in [1.82, 2.24) is 15.2 Å². The van der Waals surface area contributed by atoms with Crippen molar-refractivity contribution >= 4 is 11.8 Å². The van der Waals surface area contributed by atoms with Crippen molar-refractivity contribution in [3.05, 3.63) is 30.1 Å². The molecule has 1 atom stereocenters. The minimum Gasteiger partial charge on any atom is -0.303 e. The van der Waals surface area contributed by atoms with E-state index in [9.17, 15) is 0 Å². The average molecular weight is 223 g/mol.